The molecule has 0 radical (unpaired) electrons. The molecule has 0 amide bonds. The van der Waals surface area contributed by atoms with E-state index in [1.807, 2.05) is 36.4 Å². The zero-order chi connectivity index (χ0) is 15.1. The van der Waals surface area contributed by atoms with Crippen LogP contribution in [0.4, 0.5) is 0 Å². The summed E-state index contributed by atoms with van der Waals surface area (Å²) in [6.07, 6.45) is 2.24. The van der Waals surface area contributed by atoms with Gasteiger partial charge in [0.25, 0.3) is 0 Å². The fraction of sp³-hybridized carbons (Fsp3) is 0.333. The lowest BCUT2D eigenvalue weighted by atomic mass is 10.0. The normalized spacial score (nSPS) is 12.1. The van der Waals surface area contributed by atoms with Gasteiger partial charge in [-0.3, -0.25) is 0 Å². The number of hydrogen-bond acceptors (Lipinski definition) is 2. The molecule has 1 N–H and O–H groups in total. The summed E-state index contributed by atoms with van der Waals surface area (Å²) in [5.74, 6) is 1.70. The summed E-state index contributed by atoms with van der Waals surface area (Å²) < 4.78 is 6.88. The van der Waals surface area contributed by atoms with Crippen LogP contribution in [0.5, 0.6) is 11.5 Å². The third kappa shape index (κ3) is 4.87. The monoisotopic (exact) mass is 347 g/mol. The zero-order valence-corrected chi connectivity index (χ0v) is 14.2. The van der Waals surface area contributed by atoms with E-state index in [2.05, 4.69) is 47.2 Å². The van der Waals surface area contributed by atoms with Crippen molar-refractivity contribution >= 4 is 15.9 Å². The summed E-state index contributed by atoms with van der Waals surface area (Å²) in [5, 5.41) is 3.56. The highest BCUT2D eigenvalue weighted by molar-refractivity contribution is 9.10. The van der Waals surface area contributed by atoms with Gasteiger partial charge in [0.05, 0.1) is 0 Å². The van der Waals surface area contributed by atoms with Gasteiger partial charge in [-0.1, -0.05) is 48.0 Å². The van der Waals surface area contributed by atoms with E-state index in [1.54, 1.807) is 0 Å². The number of rotatable bonds is 7. The van der Waals surface area contributed by atoms with E-state index < -0.39 is 0 Å². The Morgan fingerprint density at radius 3 is 2.43 bits per heavy atom. The first-order valence-corrected chi connectivity index (χ1v) is 8.29. The predicted molar refractivity (Wildman–Crippen MR) is 92.0 cm³/mol. The van der Waals surface area contributed by atoms with Gasteiger partial charge in [0.2, 0.25) is 0 Å². The molecule has 2 aromatic carbocycles. The smallest absolute Gasteiger partial charge is 0.128 e. The standard InChI is InChI=1S/C18H22BrNO/c1-3-12-20-18(4-2)14-8-10-16(11-9-14)21-17-7-5-6-15(19)13-17/h5-11,13,18,20H,3-4,12H2,1-2H3. The van der Waals surface area contributed by atoms with Crippen LogP contribution in [0, 0.1) is 0 Å². The molecule has 21 heavy (non-hydrogen) atoms. The highest BCUT2D eigenvalue weighted by Crippen LogP contribution is 2.26. The van der Waals surface area contributed by atoms with Crippen LogP contribution in [-0.4, -0.2) is 6.54 Å². The second kappa shape index (κ2) is 8.20. The van der Waals surface area contributed by atoms with E-state index in [0.717, 1.165) is 35.4 Å². The summed E-state index contributed by atoms with van der Waals surface area (Å²) in [5.41, 5.74) is 1.31. The summed E-state index contributed by atoms with van der Waals surface area (Å²) in [7, 11) is 0. The van der Waals surface area contributed by atoms with Crippen molar-refractivity contribution in [2.24, 2.45) is 0 Å². The molecule has 3 heteroatoms. The Balaban J connectivity index is 2.04. The molecule has 0 saturated heterocycles. The minimum absolute atomic E-state index is 0.421. The first-order valence-electron chi connectivity index (χ1n) is 7.49. The Hall–Kier alpha value is -1.32. The van der Waals surface area contributed by atoms with Crippen LogP contribution in [0.15, 0.2) is 53.0 Å². The van der Waals surface area contributed by atoms with Crippen LogP contribution in [0.25, 0.3) is 0 Å². The molecule has 112 valence electrons. The van der Waals surface area contributed by atoms with Gasteiger partial charge in [-0.15, -0.1) is 0 Å². The molecular formula is C18H22BrNO. The second-order valence-electron chi connectivity index (χ2n) is 5.04. The molecule has 0 aliphatic rings. The molecule has 2 rings (SSSR count). The maximum Gasteiger partial charge on any atom is 0.128 e. The van der Waals surface area contributed by atoms with E-state index in [0.29, 0.717) is 6.04 Å². The fourth-order valence-electron chi connectivity index (χ4n) is 2.25. The van der Waals surface area contributed by atoms with Gasteiger partial charge >= 0.3 is 0 Å². The molecule has 0 heterocycles. The van der Waals surface area contributed by atoms with Gasteiger partial charge in [-0.2, -0.15) is 0 Å². The first kappa shape index (κ1) is 16.1. The zero-order valence-electron chi connectivity index (χ0n) is 12.6. The van der Waals surface area contributed by atoms with Crippen LogP contribution in [-0.2, 0) is 0 Å². The van der Waals surface area contributed by atoms with Crippen molar-refractivity contribution in [2.45, 2.75) is 32.7 Å². The maximum atomic E-state index is 5.86. The number of benzene rings is 2. The Bertz CT molecular complexity index is 553. The number of hydrogen-bond donors (Lipinski definition) is 1. The SMILES string of the molecule is CCCNC(CC)c1ccc(Oc2cccc(Br)c2)cc1. The minimum atomic E-state index is 0.421. The lowest BCUT2D eigenvalue weighted by molar-refractivity contribution is 0.480. The molecule has 0 aromatic heterocycles. The molecule has 0 saturated carbocycles. The lowest BCUT2D eigenvalue weighted by Crippen LogP contribution is -2.21. The molecule has 0 spiro atoms. The average molecular weight is 348 g/mol. The van der Waals surface area contributed by atoms with E-state index in [4.69, 9.17) is 4.74 Å². The van der Waals surface area contributed by atoms with Gasteiger partial charge in [0.1, 0.15) is 11.5 Å². The molecule has 1 unspecified atom stereocenters. The highest BCUT2D eigenvalue weighted by atomic mass is 79.9. The fourth-order valence-corrected chi connectivity index (χ4v) is 2.63. The van der Waals surface area contributed by atoms with Gasteiger partial charge in [0.15, 0.2) is 0 Å². The molecule has 2 nitrogen and oxygen atoms in total. The van der Waals surface area contributed by atoms with E-state index >= 15 is 0 Å². The maximum absolute atomic E-state index is 5.86. The van der Waals surface area contributed by atoms with Crippen molar-refractivity contribution in [3.8, 4) is 11.5 Å². The Morgan fingerprint density at radius 1 is 1.05 bits per heavy atom. The molecule has 0 bridgehead atoms. The largest absolute Gasteiger partial charge is 0.457 e. The first-order chi connectivity index (χ1) is 10.2. The van der Waals surface area contributed by atoms with Crippen LogP contribution in [0.2, 0.25) is 0 Å². The summed E-state index contributed by atoms with van der Waals surface area (Å²) in [6.45, 7) is 5.45. The predicted octanol–water partition coefficient (Wildman–Crippen LogP) is 5.69. The molecule has 2 aromatic rings. The van der Waals surface area contributed by atoms with E-state index in [1.165, 1.54) is 5.56 Å². The highest BCUT2D eigenvalue weighted by Gasteiger charge is 2.08. The second-order valence-corrected chi connectivity index (χ2v) is 5.96. The minimum Gasteiger partial charge on any atom is -0.457 e. The average Bonchev–Trinajstić information content (AvgIpc) is 2.49. The van der Waals surface area contributed by atoms with Crippen LogP contribution in [0.1, 0.15) is 38.3 Å². The van der Waals surface area contributed by atoms with E-state index in [9.17, 15) is 0 Å². The quantitative estimate of drug-likeness (QED) is 0.694. The van der Waals surface area contributed by atoms with Crippen LogP contribution >= 0.6 is 15.9 Å². The van der Waals surface area contributed by atoms with Crippen molar-refractivity contribution in [1.82, 2.24) is 5.32 Å². The third-order valence-electron chi connectivity index (χ3n) is 3.36. The van der Waals surface area contributed by atoms with Gasteiger partial charge < -0.3 is 10.1 Å². The number of ether oxygens (including phenoxy) is 1. The van der Waals surface area contributed by atoms with Crippen molar-refractivity contribution in [2.75, 3.05) is 6.54 Å². The third-order valence-corrected chi connectivity index (χ3v) is 3.86. The summed E-state index contributed by atoms with van der Waals surface area (Å²) >= 11 is 3.45. The van der Waals surface area contributed by atoms with Gasteiger partial charge in [0, 0.05) is 10.5 Å². The summed E-state index contributed by atoms with van der Waals surface area (Å²) in [6, 6.07) is 16.6. The topological polar surface area (TPSA) is 21.3 Å². The van der Waals surface area contributed by atoms with Crippen LogP contribution in [0.3, 0.4) is 0 Å². The van der Waals surface area contributed by atoms with Crippen molar-refractivity contribution < 1.29 is 4.74 Å². The van der Waals surface area contributed by atoms with Crippen LogP contribution < -0.4 is 10.1 Å². The van der Waals surface area contributed by atoms with Gasteiger partial charge in [-0.05, 0) is 55.3 Å². The summed E-state index contributed by atoms with van der Waals surface area (Å²) in [4.78, 5) is 0. The molecule has 0 fully saturated rings. The van der Waals surface area contributed by atoms with Crippen molar-refractivity contribution in [3.05, 3.63) is 58.6 Å². The molecule has 1 atom stereocenters. The molecule has 0 aliphatic heterocycles. The number of halogens is 1. The van der Waals surface area contributed by atoms with Crippen molar-refractivity contribution in [3.63, 3.8) is 0 Å². The molecule has 0 aliphatic carbocycles. The Labute approximate surface area is 135 Å². The van der Waals surface area contributed by atoms with E-state index in [-0.39, 0.29) is 0 Å². The number of nitrogens with one attached hydrogen (secondary N) is 1. The molecular weight excluding hydrogens is 326 g/mol. The van der Waals surface area contributed by atoms with Crippen molar-refractivity contribution in [1.29, 1.82) is 0 Å². The lowest BCUT2D eigenvalue weighted by Gasteiger charge is -2.17. The van der Waals surface area contributed by atoms with Gasteiger partial charge in [-0.25, -0.2) is 0 Å². The Kier molecular flexibility index (Phi) is 6.27. The Morgan fingerprint density at radius 2 is 1.81 bits per heavy atom.